The van der Waals surface area contributed by atoms with Gasteiger partial charge in [-0.15, -0.1) is 12.3 Å². The van der Waals surface area contributed by atoms with E-state index in [0.29, 0.717) is 37.9 Å². The lowest BCUT2D eigenvalue weighted by Crippen LogP contribution is -2.60. The molecule has 1 heterocycles. The third kappa shape index (κ3) is 10.7. The van der Waals surface area contributed by atoms with E-state index < -0.39 is 34.0 Å². The first-order valence-electron chi connectivity index (χ1n) is 14.9. The van der Waals surface area contributed by atoms with E-state index in [0.717, 1.165) is 10.6 Å². The highest BCUT2D eigenvalue weighted by atomic mass is 32.2. The first-order valence-corrected chi connectivity index (χ1v) is 16.4. The zero-order valence-electron chi connectivity index (χ0n) is 26.1. The van der Waals surface area contributed by atoms with Crippen molar-refractivity contribution >= 4 is 21.8 Å². The summed E-state index contributed by atoms with van der Waals surface area (Å²) < 4.78 is 45.3. The number of carbonyl (C=O) groups excluding carboxylic acids is 2. The van der Waals surface area contributed by atoms with Crippen LogP contribution in [0.25, 0.3) is 0 Å². The number of methoxy groups -OCH3 is 1. The minimum Gasteiger partial charge on any atom is -0.486 e. The maximum atomic E-state index is 14.0. The molecule has 246 valence electrons. The number of terminal acetylenes is 1. The number of benzene rings is 2. The summed E-state index contributed by atoms with van der Waals surface area (Å²) in [4.78, 5) is 26.4. The van der Waals surface area contributed by atoms with Gasteiger partial charge in [0.15, 0.2) is 11.5 Å². The van der Waals surface area contributed by atoms with Gasteiger partial charge in [0.1, 0.15) is 13.2 Å². The van der Waals surface area contributed by atoms with Crippen LogP contribution in [0.4, 0.5) is 0 Å². The highest BCUT2D eigenvalue weighted by Gasteiger charge is 2.36. The van der Waals surface area contributed by atoms with Gasteiger partial charge in [-0.05, 0) is 30.0 Å². The Bertz CT molecular complexity index is 1400. The van der Waals surface area contributed by atoms with Crippen LogP contribution < -0.4 is 20.2 Å². The molecule has 2 aromatic carbocycles. The van der Waals surface area contributed by atoms with Crippen molar-refractivity contribution in [2.75, 3.05) is 53.1 Å². The summed E-state index contributed by atoms with van der Waals surface area (Å²) in [6.07, 6.45) is 4.16. The number of fused-ring (bicyclic) bond motifs is 1. The van der Waals surface area contributed by atoms with Crippen molar-refractivity contribution in [1.82, 2.24) is 20.1 Å². The molecule has 3 rings (SSSR count). The maximum absolute atomic E-state index is 14.0. The lowest BCUT2D eigenvalue weighted by Gasteiger charge is -2.37. The number of aliphatic hydroxyl groups excluding tert-OH is 1. The van der Waals surface area contributed by atoms with Crippen molar-refractivity contribution in [3.63, 3.8) is 0 Å². The second-order valence-electron chi connectivity index (χ2n) is 11.0. The molecule has 1 aliphatic heterocycles. The molecule has 45 heavy (non-hydrogen) atoms. The van der Waals surface area contributed by atoms with Gasteiger partial charge in [0.25, 0.3) is 5.91 Å². The van der Waals surface area contributed by atoms with Crippen molar-refractivity contribution in [1.29, 1.82) is 0 Å². The molecule has 0 saturated carbocycles. The number of aliphatic hydroxyl groups is 1. The van der Waals surface area contributed by atoms with Crippen LogP contribution in [0.1, 0.15) is 32.3 Å². The highest BCUT2D eigenvalue weighted by Crippen LogP contribution is 2.33. The second-order valence-corrected chi connectivity index (χ2v) is 13.0. The van der Waals surface area contributed by atoms with Crippen LogP contribution in [-0.2, 0) is 30.8 Å². The predicted molar refractivity (Wildman–Crippen MR) is 169 cm³/mol. The SMILES string of the molecule is C#CCCC(=O)N(NC(=O)CNCCOC)[C@@H](Cc1ccccc1)[C@H](O)CN(CC(C)C)S(=O)(=O)c1ccc2c(c1)OCCO2. The molecule has 2 aromatic rings. The number of amides is 2. The largest absolute Gasteiger partial charge is 0.486 e. The topological polar surface area (TPSA) is 147 Å². The van der Waals surface area contributed by atoms with E-state index in [2.05, 4.69) is 16.7 Å². The van der Waals surface area contributed by atoms with Crippen molar-refractivity contribution in [2.24, 2.45) is 5.92 Å². The lowest BCUT2D eigenvalue weighted by atomic mass is 9.99. The fraction of sp³-hybridized carbons (Fsp3) is 0.500. The number of rotatable bonds is 17. The number of nitrogens with one attached hydrogen (secondary N) is 2. The van der Waals surface area contributed by atoms with Crippen LogP contribution in [0.5, 0.6) is 11.5 Å². The highest BCUT2D eigenvalue weighted by molar-refractivity contribution is 7.89. The lowest BCUT2D eigenvalue weighted by molar-refractivity contribution is -0.147. The molecule has 0 spiro atoms. The minimum absolute atomic E-state index is 0.0170. The van der Waals surface area contributed by atoms with Crippen molar-refractivity contribution < 1.29 is 37.3 Å². The van der Waals surface area contributed by atoms with E-state index in [1.165, 1.54) is 16.4 Å². The van der Waals surface area contributed by atoms with E-state index in [4.69, 9.17) is 20.6 Å². The van der Waals surface area contributed by atoms with Gasteiger partial charge in [-0.1, -0.05) is 44.2 Å². The van der Waals surface area contributed by atoms with Gasteiger partial charge in [0.2, 0.25) is 15.9 Å². The quantitative estimate of drug-likeness (QED) is 0.133. The maximum Gasteiger partial charge on any atom is 0.252 e. The predicted octanol–water partition coefficient (Wildman–Crippen LogP) is 1.59. The average molecular weight is 645 g/mol. The van der Waals surface area contributed by atoms with E-state index in [1.807, 2.05) is 44.2 Å². The molecule has 12 nitrogen and oxygen atoms in total. The summed E-state index contributed by atoms with van der Waals surface area (Å²) in [5, 5.41) is 15.8. The number of hydrogen-bond acceptors (Lipinski definition) is 9. The molecule has 0 saturated heterocycles. The molecule has 2 amide bonds. The van der Waals surface area contributed by atoms with Crippen molar-refractivity contribution in [3.8, 4) is 23.8 Å². The van der Waals surface area contributed by atoms with E-state index in [9.17, 15) is 23.1 Å². The summed E-state index contributed by atoms with van der Waals surface area (Å²) >= 11 is 0. The smallest absolute Gasteiger partial charge is 0.252 e. The minimum atomic E-state index is -4.13. The van der Waals surface area contributed by atoms with Gasteiger partial charge in [-0.2, -0.15) is 4.31 Å². The number of ether oxygens (including phenoxy) is 3. The molecular weight excluding hydrogens is 600 g/mol. The Morgan fingerprint density at radius 3 is 2.47 bits per heavy atom. The van der Waals surface area contributed by atoms with E-state index >= 15 is 0 Å². The first-order chi connectivity index (χ1) is 21.6. The average Bonchev–Trinajstić information content (AvgIpc) is 3.03. The van der Waals surface area contributed by atoms with Gasteiger partial charge >= 0.3 is 0 Å². The molecule has 1 aliphatic rings. The normalized spacial score (nSPS) is 14.1. The van der Waals surface area contributed by atoms with Gasteiger partial charge in [0.05, 0.1) is 30.2 Å². The Labute approximate surface area is 266 Å². The standard InChI is InChI=1S/C32H44N4O8S/c1-5-6-12-32(39)36(34-31(38)21-33-15-16-42-4)27(19-25-10-8-7-9-11-25)28(37)23-35(22-24(2)3)45(40,41)26-13-14-29-30(20-26)44-18-17-43-29/h1,7-11,13-14,20,24,27-28,33,37H,6,12,15-19,21-23H2,2-4H3,(H,34,38)/t27-,28+/m0/s1. The van der Waals surface area contributed by atoms with Crippen molar-refractivity contribution in [3.05, 3.63) is 54.1 Å². The summed E-state index contributed by atoms with van der Waals surface area (Å²) in [7, 11) is -2.59. The Balaban J connectivity index is 1.96. The van der Waals surface area contributed by atoms with Crippen LogP contribution in [-0.4, -0.2) is 99.9 Å². The van der Waals surface area contributed by atoms with E-state index in [1.54, 1.807) is 13.2 Å². The van der Waals surface area contributed by atoms with Crippen LogP contribution in [0, 0.1) is 18.3 Å². The Kier molecular flexibility index (Phi) is 14.1. The van der Waals surface area contributed by atoms with Crippen LogP contribution >= 0.6 is 0 Å². The third-order valence-corrected chi connectivity index (χ3v) is 8.77. The number of hydrogen-bond donors (Lipinski definition) is 3. The molecule has 2 atom stereocenters. The van der Waals surface area contributed by atoms with Crippen LogP contribution in [0.2, 0.25) is 0 Å². The summed E-state index contributed by atoms with van der Waals surface area (Å²) in [6, 6.07) is 12.5. The Hall–Kier alpha value is -3.67. The van der Waals surface area contributed by atoms with Gasteiger partial charge in [-0.25, -0.2) is 13.4 Å². The number of nitrogens with zero attached hydrogens (tertiary/aromatic N) is 2. The molecule has 0 bridgehead atoms. The second kappa shape index (κ2) is 17.7. The fourth-order valence-electron chi connectivity index (χ4n) is 4.78. The summed E-state index contributed by atoms with van der Waals surface area (Å²) in [5.74, 6) is 2.08. The van der Waals surface area contributed by atoms with Crippen molar-refractivity contribution in [2.45, 2.75) is 50.2 Å². The van der Waals surface area contributed by atoms with Crippen LogP contribution in [0.3, 0.4) is 0 Å². The first kappa shape index (κ1) is 35.8. The fourth-order valence-corrected chi connectivity index (χ4v) is 6.41. The molecule has 0 aliphatic carbocycles. The zero-order valence-corrected chi connectivity index (χ0v) is 26.9. The van der Waals surface area contributed by atoms with Crippen LogP contribution in [0.15, 0.2) is 53.4 Å². The molecule has 13 heteroatoms. The Morgan fingerprint density at radius 2 is 1.80 bits per heavy atom. The summed E-state index contributed by atoms with van der Waals surface area (Å²) in [6.45, 7) is 4.81. The summed E-state index contributed by atoms with van der Waals surface area (Å²) in [5.41, 5.74) is 3.41. The Morgan fingerprint density at radius 1 is 1.09 bits per heavy atom. The van der Waals surface area contributed by atoms with Gasteiger partial charge in [-0.3, -0.25) is 15.0 Å². The van der Waals surface area contributed by atoms with Gasteiger partial charge in [0, 0.05) is 45.7 Å². The van der Waals surface area contributed by atoms with E-state index in [-0.39, 0.29) is 49.7 Å². The molecule has 0 fully saturated rings. The molecular formula is C32H44N4O8S. The molecule has 0 radical (unpaired) electrons. The van der Waals surface area contributed by atoms with Gasteiger partial charge < -0.3 is 24.6 Å². The number of sulfonamides is 1. The number of carbonyl (C=O) groups is 2. The molecule has 3 N–H and O–H groups in total. The third-order valence-electron chi connectivity index (χ3n) is 6.94. The zero-order chi connectivity index (χ0) is 32.8. The number of hydrazine groups is 1. The molecule has 0 aromatic heterocycles. The molecule has 0 unspecified atom stereocenters. The monoisotopic (exact) mass is 644 g/mol.